The summed E-state index contributed by atoms with van der Waals surface area (Å²) in [7, 11) is 0. The second-order valence-corrected chi connectivity index (χ2v) is 5.70. The molecule has 0 bridgehead atoms. The molecule has 3 rings (SSSR count). The van der Waals surface area contributed by atoms with Crippen molar-refractivity contribution in [3.63, 3.8) is 0 Å². The Morgan fingerprint density at radius 2 is 2.10 bits per heavy atom. The second-order valence-electron chi connectivity index (χ2n) is 5.70. The van der Waals surface area contributed by atoms with Crippen molar-refractivity contribution in [2.45, 2.75) is 37.8 Å². The Morgan fingerprint density at radius 3 is 2.71 bits per heavy atom. The van der Waals surface area contributed by atoms with E-state index in [0.717, 1.165) is 5.56 Å². The lowest BCUT2D eigenvalue weighted by Crippen LogP contribution is -2.52. The van der Waals surface area contributed by atoms with Crippen LogP contribution in [-0.2, 0) is 4.79 Å². The Labute approximate surface area is 121 Å². The molecule has 0 radical (unpaired) electrons. The van der Waals surface area contributed by atoms with Crippen LogP contribution in [0.1, 0.15) is 31.2 Å². The maximum Gasteiger partial charge on any atom is 0.287 e. The van der Waals surface area contributed by atoms with E-state index in [-0.39, 0.29) is 18.3 Å². The molecule has 1 amide bonds. The highest BCUT2D eigenvalue weighted by Crippen LogP contribution is 2.50. The first-order valence-corrected chi connectivity index (χ1v) is 6.87. The van der Waals surface area contributed by atoms with Crippen LogP contribution in [0.2, 0.25) is 0 Å². The number of halogens is 2. The van der Waals surface area contributed by atoms with Gasteiger partial charge < -0.3 is 5.11 Å². The number of hydrogen-bond donors (Lipinski definition) is 1. The predicted octanol–water partition coefficient (Wildman–Crippen LogP) is 2.35. The maximum absolute atomic E-state index is 13.1. The van der Waals surface area contributed by atoms with Crippen molar-refractivity contribution in [3.05, 3.63) is 35.9 Å². The minimum absolute atomic E-state index is 0.0247. The van der Waals surface area contributed by atoms with E-state index < -0.39 is 18.1 Å². The highest BCUT2D eigenvalue weighted by Gasteiger charge is 2.56. The zero-order valence-electron chi connectivity index (χ0n) is 11.5. The topological polar surface area (TPSA) is 52.9 Å². The van der Waals surface area contributed by atoms with E-state index in [4.69, 9.17) is 0 Å². The minimum Gasteiger partial charge on any atom is -0.364 e. The molecular formula is C15H16F2N2O2. The summed E-state index contributed by atoms with van der Waals surface area (Å²) in [5, 5.41) is 14.5. The third kappa shape index (κ3) is 2.33. The van der Waals surface area contributed by atoms with Crippen LogP contribution in [0.15, 0.2) is 35.4 Å². The Hall–Kier alpha value is -1.82. The summed E-state index contributed by atoms with van der Waals surface area (Å²) in [5.74, 6) is -0.882. The molecule has 1 aromatic carbocycles. The van der Waals surface area contributed by atoms with Gasteiger partial charge in [0.05, 0.1) is 0 Å². The van der Waals surface area contributed by atoms with Crippen molar-refractivity contribution in [1.29, 1.82) is 0 Å². The molecule has 1 aliphatic heterocycles. The van der Waals surface area contributed by atoms with Gasteiger partial charge in [-0.25, -0.2) is 8.78 Å². The van der Waals surface area contributed by atoms with Gasteiger partial charge in [-0.3, -0.25) is 4.79 Å². The van der Waals surface area contributed by atoms with Gasteiger partial charge in [0.15, 0.2) is 0 Å². The smallest absolute Gasteiger partial charge is 0.287 e. The maximum atomic E-state index is 13.1. The van der Waals surface area contributed by atoms with Crippen molar-refractivity contribution in [1.82, 2.24) is 5.01 Å². The Morgan fingerprint density at radius 1 is 1.43 bits per heavy atom. The van der Waals surface area contributed by atoms with Crippen molar-refractivity contribution < 1.29 is 18.7 Å². The fraction of sp³-hybridized carbons (Fsp3) is 0.467. The van der Waals surface area contributed by atoms with Crippen LogP contribution in [0.4, 0.5) is 8.78 Å². The molecule has 0 unspecified atom stereocenters. The first kappa shape index (κ1) is 14.1. The Balaban J connectivity index is 1.77. The lowest BCUT2D eigenvalue weighted by molar-refractivity contribution is -0.193. The standard InChI is InChI=1S/C15H16F2N2O2/c1-9-8-15(21,14(16)17)19(18-9)13(20)12-7-11(12)10-5-3-2-4-6-10/h2-6,11-12,14,21H,7-8H2,1H3/t11-,12+,15+/m0/s1. The quantitative estimate of drug-likeness (QED) is 0.930. The molecule has 3 atom stereocenters. The van der Waals surface area contributed by atoms with Gasteiger partial charge in [-0.2, -0.15) is 10.1 Å². The number of benzene rings is 1. The van der Waals surface area contributed by atoms with Crippen LogP contribution in [0, 0.1) is 5.92 Å². The van der Waals surface area contributed by atoms with E-state index in [1.165, 1.54) is 6.92 Å². The van der Waals surface area contributed by atoms with E-state index in [1.807, 2.05) is 30.3 Å². The highest BCUT2D eigenvalue weighted by molar-refractivity contribution is 5.91. The second kappa shape index (κ2) is 4.87. The summed E-state index contributed by atoms with van der Waals surface area (Å²) in [6.07, 6.45) is -2.75. The predicted molar refractivity (Wildman–Crippen MR) is 72.8 cm³/mol. The largest absolute Gasteiger partial charge is 0.364 e. The van der Waals surface area contributed by atoms with Crippen molar-refractivity contribution >= 4 is 11.6 Å². The molecule has 0 aromatic heterocycles. The molecule has 1 N–H and O–H groups in total. The molecule has 2 aliphatic rings. The van der Waals surface area contributed by atoms with Crippen LogP contribution in [0.25, 0.3) is 0 Å². The van der Waals surface area contributed by atoms with Crippen LogP contribution in [-0.4, -0.2) is 33.9 Å². The van der Waals surface area contributed by atoms with Gasteiger partial charge in [-0.1, -0.05) is 30.3 Å². The van der Waals surface area contributed by atoms with Crippen LogP contribution < -0.4 is 0 Å². The fourth-order valence-corrected chi connectivity index (χ4v) is 2.85. The minimum atomic E-state index is -3.04. The molecule has 4 nitrogen and oxygen atoms in total. The van der Waals surface area contributed by atoms with E-state index in [2.05, 4.69) is 5.10 Å². The van der Waals surface area contributed by atoms with Gasteiger partial charge in [-0.15, -0.1) is 0 Å². The summed E-state index contributed by atoms with van der Waals surface area (Å²) in [5.41, 5.74) is -1.15. The van der Waals surface area contributed by atoms with Gasteiger partial charge >= 0.3 is 0 Å². The number of nitrogens with zero attached hydrogens (tertiary/aromatic N) is 2. The molecule has 0 spiro atoms. The lowest BCUT2D eigenvalue weighted by atomic mass is 10.1. The Bertz CT molecular complexity index is 591. The number of hydrazone groups is 1. The number of hydrogen-bond acceptors (Lipinski definition) is 3. The van der Waals surface area contributed by atoms with Crippen molar-refractivity contribution in [3.8, 4) is 0 Å². The molecule has 1 saturated carbocycles. The van der Waals surface area contributed by atoms with Gasteiger partial charge in [0.1, 0.15) is 0 Å². The lowest BCUT2D eigenvalue weighted by Gasteiger charge is -2.30. The van der Waals surface area contributed by atoms with E-state index >= 15 is 0 Å². The molecule has 1 aromatic rings. The molecule has 6 heteroatoms. The molecule has 1 aliphatic carbocycles. The summed E-state index contributed by atoms with van der Waals surface area (Å²) in [6.45, 7) is 1.53. The monoisotopic (exact) mass is 294 g/mol. The Kier molecular flexibility index (Phi) is 3.28. The summed E-state index contributed by atoms with van der Waals surface area (Å²) >= 11 is 0. The number of amides is 1. The highest BCUT2D eigenvalue weighted by atomic mass is 19.3. The average molecular weight is 294 g/mol. The van der Waals surface area contributed by atoms with Crippen molar-refractivity contribution in [2.24, 2.45) is 11.0 Å². The normalized spacial score (nSPS) is 31.5. The first-order valence-electron chi connectivity index (χ1n) is 6.87. The summed E-state index contributed by atoms with van der Waals surface area (Å²) in [6, 6.07) is 9.46. The number of aliphatic hydroxyl groups is 1. The molecule has 21 heavy (non-hydrogen) atoms. The van der Waals surface area contributed by atoms with Gasteiger partial charge in [0.25, 0.3) is 6.43 Å². The molecule has 1 fully saturated rings. The van der Waals surface area contributed by atoms with E-state index in [9.17, 15) is 18.7 Å². The van der Waals surface area contributed by atoms with E-state index in [1.54, 1.807) is 0 Å². The fourth-order valence-electron chi connectivity index (χ4n) is 2.85. The van der Waals surface area contributed by atoms with Gasteiger partial charge in [-0.05, 0) is 24.8 Å². The molecule has 0 saturated heterocycles. The van der Waals surface area contributed by atoms with Crippen LogP contribution in [0.3, 0.4) is 0 Å². The van der Waals surface area contributed by atoms with Crippen molar-refractivity contribution in [2.75, 3.05) is 0 Å². The number of carbonyl (C=O) groups is 1. The van der Waals surface area contributed by atoms with Crippen LogP contribution >= 0.6 is 0 Å². The third-order valence-electron chi connectivity index (χ3n) is 4.05. The zero-order chi connectivity index (χ0) is 15.2. The average Bonchev–Trinajstić information content (AvgIpc) is 3.19. The van der Waals surface area contributed by atoms with Gasteiger partial charge in [0.2, 0.25) is 11.6 Å². The molecular weight excluding hydrogens is 278 g/mol. The van der Waals surface area contributed by atoms with Crippen LogP contribution in [0.5, 0.6) is 0 Å². The number of rotatable bonds is 3. The molecule has 112 valence electrons. The zero-order valence-corrected chi connectivity index (χ0v) is 11.5. The SMILES string of the molecule is CC1=NN(C(=O)[C@@H]2C[C@H]2c2ccccc2)[C@](O)(C(F)F)C1. The number of carbonyl (C=O) groups excluding carboxylic acids is 1. The number of alkyl halides is 2. The molecule has 1 heterocycles. The summed E-state index contributed by atoms with van der Waals surface area (Å²) < 4.78 is 26.2. The van der Waals surface area contributed by atoms with Gasteiger partial charge in [0, 0.05) is 18.1 Å². The van der Waals surface area contributed by atoms with E-state index in [0.29, 0.717) is 17.1 Å². The third-order valence-corrected chi connectivity index (χ3v) is 4.05. The first-order chi connectivity index (χ1) is 9.93. The summed E-state index contributed by atoms with van der Waals surface area (Å²) in [4.78, 5) is 12.4.